The highest BCUT2D eigenvalue weighted by Crippen LogP contribution is 2.19. The molecule has 1 N–H and O–H groups in total. The Hall–Kier alpha value is -1.84. The lowest BCUT2D eigenvalue weighted by atomic mass is 10.2. The molecule has 0 bridgehead atoms. The predicted octanol–water partition coefficient (Wildman–Crippen LogP) is 1.63. The Balaban J connectivity index is 2.04. The Labute approximate surface area is 107 Å². The van der Waals surface area contributed by atoms with Crippen LogP contribution in [0.5, 0.6) is 0 Å². The topological polar surface area (TPSA) is 49.4 Å². The number of aryl methyl sites for hydroxylation is 1. The number of benzene rings is 1. The third kappa shape index (κ3) is 3.32. The second-order valence-electron chi connectivity index (χ2n) is 4.78. The highest BCUT2D eigenvalue weighted by molar-refractivity contribution is 5.97. The van der Waals surface area contributed by atoms with Gasteiger partial charge in [-0.25, -0.2) is 0 Å². The first kappa shape index (κ1) is 12.6. The first-order valence-electron chi connectivity index (χ1n) is 6.20. The summed E-state index contributed by atoms with van der Waals surface area (Å²) in [7, 11) is 0. The molecule has 0 saturated heterocycles. The van der Waals surface area contributed by atoms with Gasteiger partial charge in [0.1, 0.15) is 6.54 Å². The van der Waals surface area contributed by atoms with E-state index in [4.69, 9.17) is 0 Å². The number of nitrogens with zero attached hydrogens (tertiary/aromatic N) is 1. The van der Waals surface area contributed by atoms with Crippen LogP contribution in [-0.2, 0) is 9.59 Å². The van der Waals surface area contributed by atoms with Gasteiger partial charge in [0.05, 0.1) is 0 Å². The number of anilines is 1. The van der Waals surface area contributed by atoms with Gasteiger partial charge in [0.2, 0.25) is 11.8 Å². The first-order chi connectivity index (χ1) is 8.56. The molecule has 2 rings (SSSR count). The number of carbonyl (C=O) groups is 2. The molecule has 1 saturated carbocycles. The van der Waals surface area contributed by atoms with E-state index in [-0.39, 0.29) is 18.4 Å². The zero-order valence-corrected chi connectivity index (χ0v) is 10.8. The maximum atomic E-state index is 11.7. The average Bonchev–Trinajstić information content (AvgIpc) is 3.11. The number of rotatable bonds is 4. The molecule has 1 aromatic rings. The lowest BCUT2D eigenvalue weighted by Gasteiger charge is -2.20. The van der Waals surface area contributed by atoms with Gasteiger partial charge in [-0.15, -0.1) is 0 Å². The summed E-state index contributed by atoms with van der Waals surface area (Å²) >= 11 is 0. The average molecular weight is 246 g/mol. The monoisotopic (exact) mass is 246 g/mol. The molecular formula is C14H18N2O2. The van der Waals surface area contributed by atoms with Crippen LogP contribution < -0.4 is 10.2 Å². The van der Waals surface area contributed by atoms with Crippen molar-refractivity contribution in [2.45, 2.75) is 32.7 Å². The van der Waals surface area contributed by atoms with Crippen molar-refractivity contribution in [1.82, 2.24) is 5.32 Å². The van der Waals surface area contributed by atoms with Gasteiger partial charge in [-0.2, -0.15) is 0 Å². The van der Waals surface area contributed by atoms with Gasteiger partial charge >= 0.3 is 0 Å². The molecule has 2 amide bonds. The van der Waals surface area contributed by atoms with E-state index in [1.165, 1.54) is 11.8 Å². The molecule has 1 aliphatic carbocycles. The fraction of sp³-hybridized carbons (Fsp3) is 0.429. The van der Waals surface area contributed by atoms with Crippen molar-refractivity contribution in [3.63, 3.8) is 0 Å². The fourth-order valence-electron chi connectivity index (χ4n) is 1.75. The van der Waals surface area contributed by atoms with E-state index in [0.29, 0.717) is 6.04 Å². The summed E-state index contributed by atoms with van der Waals surface area (Å²) in [6, 6.07) is 7.92. The SMILES string of the molecule is CC(=O)N(CC(=O)NC1CC1)c1ccc(C)cc1. The minimum absolute atomic E-state index is 0.0896. The van der Waals surface area contributed by atoms with E-state index in [1.54, 1.807) is 0 Å². The summed E-state index contributed by atoms with van der Waals surface area (Å²) in [5, 5.41) is 2.89. The molecule has 18 heavy (non-hydrogen) atoms. The number of amides is 2. The van der Waals surface area contributed by atoms with Gasteiger partial charge in [-0.3, -0.25) is 9.59 Å². The lowest BCUT2D eigenvalue weighted by Crippen LogP contribution is -2.40. The van der Waals surface area contributed by atoms with Gasteiger partial charge in [0, 0.05) is 18.7 Å². The van der Waals surface area contributed by atoms with Crippen LogP contribution in [0.15, 0.2) is 24.3 Å². The van der Waals surface area contributed by atoms with Crippen molar-refractivity contribution in [1.29, 1.82) is 0 Å². The Morgan fingerprint density at radius 3 is 2.39 bits per heavy atom. The molecule has 0 aromatic heterocycles. The van der Waals surface area contributed by atoms with E-state index in [2.05, 4.69) is 5.32 Å². The summed E-state index contributed by atoms with van der Waals surface area (Å²) < 4.78 is 0. The fourth-order valence-corrected chi connectivity index (χ4v) is 1.75. The van der Waals surface area contributed by atoms with E-state index < -0.39 is 0 Å². The molecule has 0 heterocycles. The summed E-state index contributed by atoms with van der Waals surface area (Å²) in [6.45, 7) is 3.56. The van der Waals surface area contributed by atoms with Gasteiger partial charge in [-0.1, -0.05) is 17.7 Å². The predicted molar refractivity (Wildman–Crippen MR) is 70.4 cm³/mol. The highest BCUT2D eigenvalue weighted by atomic mass is 16.2. The normalized spacial score (nSPS) is 14.1. The third-order valence-corrected chi connectivity index (χ3v) is 2.97. The molecule has 96 valence electrons. The van der Waals surface area contributed by atoms with E-state index >= 15 is 0 Å². The standard InChI is InChI=1S/C14H18N2O2/c1-10-3-7-13(8-4-10)16(11(2)17)9-14(18)15-12-5-6-12/h3-4,7-8,12H,5-6,9H2,1-2H3,(H,15,18). The Morgan fingerprint density at radius 1 is 1.28 bits per heavy atom. The minimum atomic E-state index is -0.121. The Morgan fingerprint density at radius 2 is 1.89 bits per heavy atom. The summed E-state index contributed by atoms with van der Waals surface area (Å²) in [5.74, 6) is -0.210. The number of nitrogens with one attached hydrogen (secondary N) is 1. The molecule has 1 fully saturated rings. The molecular weight excluding hydrogens is 228 g/mol. The van der Waals surface area contributed by atoms with Crippen LogP contribution in [0, 0.1) is 6.92 Å². The largest absolute Gasteiger partial charge is 0.352 e. The van der Waals surface area contributed by atoms with Crippen LogP contribution in [-0.4, -0.2) is 24.4 Å². The molecule has 0 unspecified atom stereocenters. The zero-order valence-electron chi connectivity index (χ0n) is 10.8. The van der Waals surface area contributed by atoms with Crippen LogP contribution in [0.2, 0.25) is 0 Å². The smallest absolute Gasteiger partial charge is 0.240 e. The summed E-state index contributed by atoms with van der Waals surface area (Å²) in [5.41, 5.74) is 1.89. The van der Waals surface area contributed by atoms with Crippen molar-refractivity contribution in [3.05, 3.63) is 29.8 Å². The van der Waals surface area contributed by atoms with Gasteiger partial charge in [-0.05, 0) is 31.9 Å². The van der Waals surface area contributed by atoms with Crippen LogP contribution in [0.3, 0.4) is 0 Å². The quantitative estimate of drug-likeness (QED) is 0.877. The van der Waals surface area contributed by atoms with Crippen molar-refractivity contribution >= 4 is 17.5 Å². The second kappa shape index (κ2) is 5.21. The zero-order chi connectivity index (χ0) is 13.1. The maximum absolute atomic E-state index is 11.7. The van der Waals surface area contributed by atoms with E-state index in [9.17, 15) is 9.59 Å². The van der Waals surface area contributed by atoms with Crippen molar-refractivity contribution in [2.24, 2.45) is 0 Å². The van der Waals surface area contributed by atoms with Crippen molar-refractivity contribution in [2.75, 3.05) is 11.4 Å². The molecule has 0 aliphatic heterocycles. The first-order valence-corrected chi connectivity index (χ1v) is 6.20. The molecule has 1 aliphatic rings. The summed E-state index contributed by atoms with van der Waals surface area (Å²) in [6.07, 6.45) is 2.10. The Bertz CT molecular complexity index is 449. The maximum Gasteiger partial charge on any atom is 0.240 e. The molecule has 0 radical (unpaired) electrons. The number of hydrogen-bond donors (Lipinski definition) is 1. The highest BCUT2D eigenvalue weighted by Gasteiger charge is 2.24. The van der Waals surface area contributed by atoms with Gasteiger partial charge in [0.25, 0.3) is 0 Å². The van der Waals surface area contributed by atoms with E-state index in [0.717, 1.165) is 24.1 Å². The van der Waals surface area contributed by atoms with E-state index in [1.807, 2.05) is 31.2 Å². The van der Waals surface area contributed by atoms with Crippen molar-refractivity contribution < 1.29 is 9.59 Å². The molecule has 4 nitrogen and oxygen atoms in total. The van der Waals surface area contributed by atoms with Crippen LogP contribution >= 0.6 is 0 Å². The van der Waals surface area contributed by atoms with Crippen LogP contribution in [0.4, 0.5) is 5.69 Å². The van der Waals surface area contributed by atoms with Crippen LogP contribution in [0.25, 0.3) is 0 Å². The van der Waals surface area contributed by atoms with Gasteiger partial charge in [0.15, 0.2) is 0 Å². The second-order valence-corrected chi connectivity index (χ2v) is 4.78. The van der Waals surface area contributed by atoms with Gasteiger partial charge < -0.3 is 10.2 Å². The van der Waals surface area contributed by atoms with Crippen LogP contribution in [0.1, 0.15) is 25.3 Å². The minimum Gasteiger partial charge on any atom is -0.352 e. The number of hydrogen-bond acceptors (Lipinski definition) is 2. The number of carbonyl (C=O) groups excluding carboxylic acids is 2. The lowest BCUT2D eigenvalue weighted by molar-refractivity contribution is -0.123. The molecule has 1 aromatic carbocycles. The Kier molecular flexibility index (Phi) is 3.65. The molecule has 0 spiro atoms. The van der Waals surface area contributed by atoms with Crippen molar-refractivity contribution in [3.8, 4) is 0 Å². The summed E-state index contributed by atoms with van der Waals surface area (Å²) in [4.78, 5) is 24.9. The molecule has 4 heteroatoms. The molecule has 0 atom stereocenters. The third-order valence-electron chi connectivity index (χ3n) is 2.97.